The summed E-state index contributed by atoms with van der Waals surface area (Å²) in [4.78, 5) is 11.9. The summed E-state index contributed by atoms with van der Waals surface area (Å²) in [7, 11) is 0. The minimum absolute atomic E-state index is 0.476. The standard InChI is InChI=1S/C14H10ClNO2S/c15-12-3-7-14(8-4-12)19-13-5-1-11(2-6-13)9-10-16(17)18/h1-10H. The smallest absolute Gasteiger partial charge is 0.235 e. The van der Waals surface area contributed by atoms with E-state index in [4.69, 9.17) is 11.6 Å². The van der Waals surface area contributed by atoms with Crippen LogP contribution >= 0.6 is 23.4 Å². The molecule has 0 aromatic heterocycles. The molecule has 0 saturated heterocycles. The number of benzene rings is 2. The summed E-state index contributed by atoms with van der Waals surface area (Å²) in [5.74, 6) is 0. The lowest BCUT2D eigenvalue weighted by atomic mass is 10.2. The Morgan fingerprint density at radius 3 is 2.05 bits per heavy atom. The molecule has 0 aliphatic heterocycles. The molecular weight excluding hydrogens is 282 g/mol. The Hall–Kier alpha value is -1.78. The van der Waals surface area contributed by atoms with Crippen molar-refractivity contribution in [1.29, 1.82) is 0 Å². The molecule has 0 radical (unpaired) electrons. The predicted molar refractivity (Wildman–Crippen MR) is 78.0 cm³/mol. The quantitative estimate of drug-likeness (QED) is 0.603. The van der Waals surface area contributed by atoms with Crippen LogP contribution in [-0.4, -0.2) is 4.92 Å². The van der Waals surface area contributed by atoms with E-state index >= 15 is 0 Å². The van der Waals surface area contributed by atoms with E-state index in [1.165, 1.54) is 6.08 Å². The summed E-state index contributed by atoms with van der Waals surface area (Å²) in [6.45, 7) is 0. The number of rotatable bonds is 4. The van der Waals surface area contributed by atoms with E-state index in [9.17, 15) is 10.1 Å². The van der Waals surface area contributed by atoms with Gasteiger partial charge in [-0.25, -0.2) is 0 Å². The zero-order valence-electron chi connectivity index (χ0n) is 9.82. The molecule has 0 N–H and O–H groups in total. The Kier molecular flexibility index (Phi) is 4.60. The van der Waals surface area contributed by atoms with E-state index < -0.39 is 4.92 Å². The van der Waals surface area contributed by atoms with Gasteiger partial charge in [0.2, 0.25) is 6.20 Å². The van der Waals surface area contributed by atoms with Crippen LogP contribution in [0.1, 0.15) is 5.56 Å². The SMILES string of the molecule is O=[N+]([O-])C=Cc1ccc(Sc2ccc(Cl)cc2)cc1. The summed E-state index contributed by atoms with van der Waals surface area (Å²) in [6.07, 6.45) is 2.40. The zero-order chi connectivity index (χ0) is 13.7. The van der Waals surface area contributed by atoms with Crippen LogP contribution in [0.3, 0.4) is 0 Å². The first-order valence-corrected chi connectivity index (χ1v) is 6.68. The average molecular weight is 292 g/mol. The Balaban J connectivity index is 2.06. The van der Waals surface area contributed by atoms with Gasteiger partial charge < -0.3 is 0 Å². The molecule has 96 valence electrons. The third-order valence-electron chi connectivity index (χ3n) is 2.32. The highest BCUT2D eigenvalue weighted by molar-refractivity contribution is 7.99. The number of hydrogen-bond donors (Lipinski definition) is 0. The van der Waals surface area contributed by atoms with Crippen molar-refractivity contribution in [2.75, 3.05) is 0 Å². The minimum atomic E-state index is -0.476. The van der Waals surface area contributed by atoms with Crippen LogP contribution in [0.15, 0.2) is 64.5 Å². The fourth-order valence-electron chi connectivity index (χ4n) is 1.43. The van der Waals surface area contributed by atoms with Crippen LogP contribution in [0.25, 0.3) is 6.08 Å². The summed E-state index contributed by atoms with van der Waals surface area (Å²) in [5, 5.41) is 10.9. The van der Waals surface area contributed by atoms with E-state index in [-0.39, 0.29) is 0 Å². The second-order valence-corrected chi connectivity index (χ2v) is 5.31. The lowest BCUT2D eigenvalue weighted by molar-refractivity contribution is -0.400. The first-order valence-electron chi connectivity index (χ1n) is 5.49. The molecule has 2 rings (SSSR count). The molecule has 5 heteroatoms. The van der Waals surface area contributed by atoms with Gasteiger partial charge in [-0.2, -0.15) is 0 Å². The molecule has 0 saturated carbocycles. The maximum Gasteiger partial charge on any atom is 0.235 e. The molecule has 0 unspecified atom stereocenters. The van der Waals surface area contributed by atoms with Gasteiger partial charge in [-0.3, -0.25) is 10.1 Å². The topological polar surface area (TPSA) is 43.1 Å². The van der Waals surface area contributed by atoms with Crippen LogP contribution < -0.4 is 0 Å². The van der Waals surface area contributed by atoms with Gasteiger partial charge in [0.05, 0.1) is 4.92 Å². The van der Waals surface area contributed by atoms with Crippen molar-refractivity contribution >= 4 is 29.4 Å². The Morgan fingerprint density at radius 1 is 1.00 bits per heavy atom. The van der Waals surface area contributed by atoms with Crippen molar-refractivity contribution in [1.82, 2.24) is 0 Å². The fourth-order valence-corrected chi connectivity index (χ4v) is 2.38. The first-order chi connectivity index (χ1) is 9.13. The maximum absolute atomic E-state index is 10.2. The number of nitrogens with zero attached hydrogens (tertiary/aromatic N) is 1. The largest absolute Gasteiger partial charge is 0.259 e. The van der Waals surface area contributed by atoms with E-state index in [0.717, 1.165) is 21.6 Å². The molecule has 3 nitrogen and oxygen atoms in total. The second-order valence-electron chi connectivity index (χ2n) is 3.73. The molecule has 0 atom stereocenters. The Morgan fingerprint density at radius 2 is 1.53 bits per heavy atom. The molecule has 0 bridgehead atoms. The lowest BCUT2D eigenvalue weighted by Gasteiger charge is -2.02. The van der Waals surface area contributed by atoms with E-state index in [2.05, 4.69) is 0 Å². The Bertz CT molecular complexity index is 594. The second kappa shape index (κ2) is 6.41. The molecular formula is C14H10ClNO2S. The van der Waals surface area contributed by atoms with Gasteiger partial charge in [0, 0.05) is 20.9 Å². The molecule has 0 heterocycles. The number of hydrogen-bond acceptors (Lipinski definition) is 3. The summed E-state index contributed by atoms with van der Waals surface area (Å²) >= 11 is 7.44. The number of nitro groups is 1. The van der Waals surface area contributed by atoms with Crippen LogP contribution in [0.4, 0.5) is 0 Å². The first kappa shape index (κ1) is 13.6. The highest BCUT2D eigenvalue weighted by Crippen LogP contribution is 2.28. The van der Waals surface area contributed by atoms with E-state index in [1.54, 1.807) is 11.8 Å². The molecule has 0 aliphatic carbocycles. The Labute approximate surface area is 120 Å². The van der Waals surface area contributed by atoms with Crippen molar-refractivity contribution in [2.45, 2.75) is 9.79 Å². The van der Waals surface area contributed by atoms with E-state index in [1.807, 2.05) is 48.5 Å². The molecule has 0 amide bonds. The third kappa shape index (κ3) is 4.43. The monoisotopic (exact) mass is 291 g/mol. The van der Waals surface area contributed by atoms with Gasteiger partial charge in [-0.05, 0) is 42.0 Å². The highest BCUT2D eigenvalue weighted by Gasteiger charge is 1.98. The van der Waals surface area contributed by atoms with Crippen molar-refractivity contribution in [2.24, 2.45) is 0 Å². The van der Waals surface area contributed by atoms with Crippen molar-refractivity contribution in [3.05, 3.63) is 75.4 Å². The summed E-state index contributed by atoms with van der Waals surface area (Å²) in [5.41, 5.74) is 0.803. The summed E-state index contributed by atoms with van der Waals surface area (Å²) < 4.78 is 0. The van der Waals surface area contributed by atoms with Gasteiger partial charge in [0.25, 0.3) is 0 Å². The maximum atomic E-state index is 10.2. The van der Waals surface area contributed by atoms with Crippen LogP contribution in [0, 0.1) is 10.1 Å². The molecule has 2 aromatic rings. The molecule has 0 aliphatic rings. The normalized spacial score (nSPS) is 10.8. The van der Waals surface area contributed by atoms with Crippen LogP contribution in [0.2, 0.25) is 5.02 Å². The van der Waals surface area contributed by atoms with Crippen molar-refractivity contribution < 1.29 is 4.92 Å². The summed E-state index contributed by atoms with van der Waals surface area (Å²) in [6, 6.07) is 15.1. The molecule has 0 fully saturated rings. The zero-order valence-corrected chi connectivity index (χ0v) is 11.4. The molecule has 19 heavy (non-hydrogen) atoms. The van der Waals surface area contributed by atoms with E-state index in [0.29, 0.717) is 5.02 Å². The van der Waals surface area contributed by atoms with Crippen molar-refractivity contribution in [3.63, 3.8) is 0 Å². The predicted octanol–water partition coefficient (Wildman–Crippen LogP) is 4.74. The third-order valence-corrected chi connectivity index (χ3v) is 3.59. The van der Waals surface area contributed by atoms with Crippen LogP contribution in [0.5, 0.6) is 0 Å². The van der Waals surface area contributed by atoms with Crippen molar-refractivity contribution in [3.8, 4) is 0 Å². The van der Waals surface area contributed by atoms with Gasteiger partial charge >= 0.3 is 0 Å². The molecule has 2 aromatic carbocycles. The van der Waals surface area contributed by atoms with Gasteiger partial charge in [0.15, 0.2) is 0 Å². The van der Waals surface area contributed by atoms with Gasteiger partial charge in [0.1, 0.15) is 0 Å². The molecule has 0 spiro atoms. The minimum Gasteiger partial charge on any atom is -0.259 e. The van der Waals surface area contributed by atoms with Gasteiger partial charge in [-0.1, -0.05) is 35.5 Å². The van der Waals surface area contributed by atoms with Crippen LogP contribution in [-0.2, 0) is 0 Å². The highest BCUT2D eigenvalue weighted by atomic mass is 35.5. The fraction of sp³-hybridized carbons (Fsp3) is 0. The number of halogens is 1. The van der Waals surface area contributed by atoms with Gasteiger partial charge in [-0.15, -0.1) is 0 Å². The lowest BCUT2D eigenvalue weighted by Crippen LogP contribution is -1.82. The average Bonchev–Trinajstić information content (AvgIpc) is 2.40.